The van der Waals surface area contributed by atoms with Crippen LogP contribution >= 0.6 is 0 Å². The molecule has 1 saturated heterocycles. The van der Waals surface area contributed by atoms with Crippen molar-refractivity contribution < 1.29 is 8.42 Å². The lowest BCUT2D eigenvalue weighted by Gasteiger charge is -2.35. The Labute approximate surface area is 142 Å². The summed E-state index contributed by atoms with van der Waals surface area (Å²) in [5, 5.41) is 8.12. The van der Waals surface area contributed by atoms with E-state index in [0.717, 1.165) is 17.2 Å². The van der Waals surface area contributed by atoms with E-state index in [1.54, 1.807) is 24.3 Å². The second-order valence-corrected chi connectivity index (χ2v) is 8.46. The molecule has 2 aromatic heterocycles. The Morgan fingerprint density at radius 1 is 0.958 bits per heavy atom. The first kappa shape index (κ1) is 16.8. The van der Waals surface area contributed by atoms with Crippen molar-refractivity contribution in [2.75, 3.05) is 31.1 Å². The van der Waals surface area contributed by atoms with E-state index in [9.17, 15) is 8.42 Å². The minimum atomic E-state index is -3.19. The summed E-state index contributed by atoms with van der Waals surface area (Å²) in [6, 6.07) is 9.45. The van der Waals surface area contributed by atoms with Crippen molar-refractivity contribution in [3.8, 4) is 11.4 Å². The van der Waals surface area contributed by atoms with Gasteiger partial charge >= 0.3 is 0 Å². The van der Waals surface area contributed by atoms with Gasteiger partial charge in [0.15, 0.2) is 5.82 Å². The highest BCUT2D eigenvalue weighted by atomic mass is 32.2. The quantitative estimate of drug-likeness (QED) is 0.832. The topological polar surface area (TPSA) is 79.3 Å². The number of aromatic nitrogens is 3. The number of hydrogen-bond donors (Lipinski definition) is 0. The predicted molar refractivity (Wildman–Crippen MR) is 93.1 cm³/mol. The molecular formula is C16H21N5O2S. The molecule has 0 saturated carbocycles. The number of sulfonamides is 1. The largest absolute Gasteiger partial charge is 0.352 e. The standard InChI is InChI=1S/C16H21N5O2S/c1-13(2)24(22,23)21-11-9-20(10-12-21)16-7-6-15(18-19-16)14-5-3-4-8-17-14/h3-8,13H,9-12H2,1-2H3. The summed E-state index contributed by atoms with van der Waals surface area (Å²) in [4.78, 5) is 6.31. The molecule has 0 radical (unpaired) electrons. The van der Waals surface area contributed by atoms with Crippen LogP contribution in [0.4, 0.5) is 5.82 Å². The fraction of sp³-hybridized carbons (Fsp3) is 0.438. The third kappa shape index (κ3) is 3.39. The molecule has 0 N–H and O–H groups in total. The summed E-state index contributed by atoms with van der Waals surface area (Å²) in [5.41, 5.74) is 1.50. The monoisotopic (exact) mass is 347 g/mol. The van der Waals surface area contributed by atoms with Gasteiger partial charge in [0.1, 0.15) is 5.69 Å². The van der Waals surface area contributed by atoms with Crippen LogP contribution in [0.5, 0.6) is 0 Å². The summed E-state index contributed by atoms with van der Waals surface area (Å²) in [6.07, 6.45) is 1.72. The van der Waals surface area contributed by atoms with Crippen LogP contribution in [-0.4, -0.2) is 59.3 Å². The van der Waals surface area contributed by atoms with Crippen molar-refractivity contribution in [2.24, 2.45) is 0 Å². The molecule has 24 heavy (non-hydrogen) atoms. The van der Waals surface area contributed by atoms with Crippen molar-refractivity contribution >= 4 is 15.8 Å². The van der Waals surface area contributed by atoms with Gasteiger partial charge in [0.2, 0.25) is 10.0 Å². The Hall–Kier alpha value is -2.06. The Bertz CT molecular complexity index is 770. The van der Waals surface area contributed by atoms with E-state index in [1.165, 1.54) is 0 Å². The lowest BCUT2D eigenvalue weighted by molar-refractivity contribution is 0.379. The number of pyridine rings is 1. The van der Waals surface area contributed by atoms with Crippen LogP contribution in [-0.2, 0) is 10.0 Å². The van der Waals surface area contributed by atoms with Crippen molar-refractivity contribution in [2.45, 2.75) is 19.1 Å². The van der Waals surface area contributed by atoms with E-state index >= 15 is 0 Å². The molecule has 2 aromatic rings. The Morgan fingerprint density at radius 3 is 2.25 bits per heavy atom. The Balaban J connectivity index is 1.67. The molecule has 0 spiro atoms. The van der Waals surface area contributed by atoms with Gasteiger partial charge in [-0.3, -0.25) is 4.98 Å². The normalized spacial score (nSPS) is 16.5. The molecule has 1 aliphatic heterocycles. The number of nitrogens with zero attached hydrogens (tertiary/aromatic N) is 5. The zero-order valence-electron chi connectivity index (χ0n) is 13.8. The van der Waals surface area contributed by atoms with E-state index in [2.05, 4.69) is 20.1 Å². The fourth-order valence-corrected chi connectivity index (χ4v) is 3.88. The van der Waals surface area contributed by atoms with Gasteiger partial charge in [-0.05, 0) is 38.1 Å². The van der Waals surface area contributed by atoms with E-state index < -0.39 is 10.0 Å². The highest BCUT2D eigenvalue weighted by Gasteiger charge is 2.29. The highest BCUT2D eigenvalue weighted by Crippen LogP contribution is 2.19. The predicted octanol–water partition coefficient (Wildman–Crippen LogP) is 1.40. The molecule has 0 atom stereocenters. The molecule has 7 nitrogen and oxygen atoms in total. The van der Waals surface area contributed by atoms with Crippen LogP contribution in [0.2, 0.25) is 0 Å². The average molecular weight is 347 g/mol. The summed E-state index contributed by atoms with van der Waals surface area (Å²) in [7, 11) is -3.19. The molecule has 0 aromatic carbocycles. The molecule has 0 bridgehead atoms. The zero-order valence-corrected chi connectivity index (χ0v) is 14.6. The molecule has 3 rings (SSSR count). The van der Waals surface area contributed by atoms with Crippen LogP contribution in [0.1, 0.15) is 13.8 Å². The summed E-state index contributed by atoms with van der Waals surface area (Å²) in [5.74, 6) is 0.760. The summed E-state index contributed by atoms with van der Waals surface area (Å²) >= 11 is 0. The minimum absolute atomic E-state index is 0.388. The van der Waals surface area contributed by atoms with Crippen molar-refractivity contribution in [1.29, 1.82) is 0 Å². The zero-order chi connectivity index (χ0) is 17.2. The van der Waals surface area contributed by atoms with Crippen LogP contribution in [0.25, 0.3) is 11.4 Å². The maximum atomic E-state index is 12.2. The maximum absolute atomic E-state index is 12.2. The molecule has 1 aliphatic rings. The average Bonchev–Trinajstić information content (AvgIpc) is 2.62. The van der Waals surface area contributed by atoms with Gasteiger partial charge in [-0.2, -0.15) is 4.31 Å². The minimum Gasteiger partial charge on any atom is -0.352 e. The fourth-order valence-electron chi connectivity index (χ4n) is 2.61. The molecule has 3 heterocycles. The maximum Gasteiger partial charge on any atom is 0.216 e. The van der Waals surface area contributed by atoms with Gasteiger partial charge in [0.25, 0.3) is 0 Å². The molecular weight excluding hydrogens is 326 g/mol. The molecule has 0 amide bonds. The van der Waals surface area contributed by atoms with Gasteiger partial charge in [-0.1, -0.05) is 6.07 Å². The molecule has 0 aliphatic carbocycles. The third-order valence-electron chi connectivity index (χ3n) is 4.10. The van der Waals surface area contributed by atoms with Crippen molar-refractivity contribution in [3.05, 3.63) is 36.5 Å². The van der Waals surface area contributed by atoms with Crippen LogP contribution < -0.4 is 4.90 Å². The molecule has 0 unspecified atom stereocenters. The lowest BCUT2D eigenvalue weighted by Crippen LogP contribution is -2.50. The molecule has 128 valence electrons. The van der Waals surface area contributed by atoms with Gasteiger partial charge in [-0.25, -0.2) is 8.42 Å². The van der Waals surface area contributed by atoms with Crippen LogP contribution in [0, 0.1) is 0 Å². The van der Waals surface area contributed by atoms with E-state index in [4.69, 9.17) is 0 Å². The van der Waals surface area contributed by atoms with E-state index in [-0.39, 0.29) is 5.25 Å². The molecule has 8 heteroatoms. The first-order valence-electron chi connectivity index (χ1n) is 7.97. The van der Waals surface area contributed by atoms with E-state index in [0.29, 0.717) is 26.2 Å². The van der Waals surface area contributed by atoms with Crippen molar-refractivity contribution in [3.63, 3.8) is 0 Å². The number of rotatable bonds is 4. The number of anilines is 1. The SMILES string of the molecule is CC(C)S(=O)(=O)N1CCN(c2ccc(-c3ccccn3)nn2)CC1. The summed E-state index contributed by atoms with van der Waals surface area (Å²) in [6.45, 7) is 5.61. The lowest BCUT2D eigenvalue weighted by atomic mass is 10.2. The second-order valence-electron chi connectivity index (χ2n) is 5.97. The summed E-state index contributed by atoms with van der Waals surface area (Å²) < 4.78 is 26.0. The second kappa shape index (κ2) is 6.82. The first-order chi connectivity index (χ1) is 11.5. The first-order valence-corrected chi connectivity index (χ1v) is 9.48. The Morgan fingerprint density at radius 2 is 1.71 bits per heavy atom. The number of piperazine rings is 1. The Kier molecular flexibility index (Phi) is 4.77. The van der Waals surface area contributed by atoms with Gasteiger partial charge in [0, 0.05) is 32.4 Å². The van der Waals surface area contributed by atoms with Crippen LogP contribution in [0.15, 0.2) is 36.5 Å². The highest BCUT2D eigenvalue weighted by molar-refractivity contribution is 7.89. The third-order valence-corrected chi connectivity index (χ3v) is 6.37. The van der Waals surface area contributed by atoms with Crippen molar-refractivity contribution in [1.82, 2.24) is 19.5 Å². The van der Waals surface area contributed by atoms with Gasteiger partial charge in [-0.15, -0.1) is 10.2 Å². The van der Waals surface area contributed by atoms with E-state index in [1.807, 2.05) is 30.3 Å². The smallest absolute Gasteiger partial charge is 0.216 e. The van der Waals surface area contributed by atoms with Gasteiger partial charge in [0.05, 0.1) is 10.9 Å². The van der Waals surface area contributed by atoms with Gasteiger partial charge < -0.3 is 4.90 Å². The van der Waals surface area contributed by atoms with Crippen LogP contribution in [0.3, 0.4) is 0 Å². The molecule has 1 fully saturated rings. The number of hydrogen-bond acceptors (Lipinski definition) is 6.